The summed E-state index contributed by atoms with van der Waals surface area (Å²) in [6, 6.07) is 24.5. The molecule has 0 saturated carbocycles. The third-order valence-corrected chi connectivity index (χ3v) is 6.49. The van der Waals surface area contributed by atoms with Crippen molar-refractivity contribution >= 4 is 12.2 Å². The van der Waals surface area contributed by atoms with Crippen LogP contribution in [0, 0.1) is 11.6 Å². The average Bonchev–Trinajstić information content (AvgIpc) is 3.02. The zero-order valence-corrected chi connectivity index (χ0v) is 22.9. The van der Waals surface area contributed by atoms with Crippen LogP contribution in [0.5, 0.6) is 0 Å². The molecule has 10 heteroatoms. The lowest BCUT2D eigenvalue weighted by molar-refractivity contribution is 0.138. The molecule has 0 atom stereocenters. The van der Waals surface area contributed by atoms with Gasteiger partial charge in [0.15, 0.2) is 0 Å². The first kappa shape index (κ1) is 30.2. The Bertz CT molecular complexity index is 1410. The first-order valence-electron chi connectivity index (χ1n) is 13.3. The number of halogens is 2. The van der Waals surface area contributed by atoms with Crippen molar-refractivity contribution in [2.75, 3.05) is 0 Å². The second kappa shape index (κ2) is 14.7. The number of carbonyl (C=O) groups excluding carboxylic acids is 2. The van der Waals surface area contributed by atoms with Gasteiger partial charge in [0.25, 0.3) is 0 Å². The Kier molecular flexibility index (Phi) is 10.6. The highest BCUT2D eigenvalue weighted by Gasteiger charge is 2.17. The fraction of sp³-hybridized carbons (Fsp3) is 0.188. The van der Waals surface area contributed by atoms with Crippen LogP contribution >= 0.6 is 0 Å². The minimum absolute atomic E-state index is 0.0504. The molecule has 0 aliphatic carbocycles. The molecule has 0 aliphatic heterocycles. The van der Waals surface area contributed by atoms with Gasteiger partial charge in [-0.3, -0.25) is 0 Å². The number of hydrogen-bond donors (Lipinski definition) is 4. The average molecular weight is 575 g/mol. The molecule has 6 N–H and O–H groups in total. The highest BCUT2D eigenvalue weighted by molar-refractivity contribution is 5.70. The Labute approximate surface area is 242 Å². The van der Waals surface area contributed by atoms with E-state index in [0.29, 0.717) is 11.1 Å². The second-order valence-corrected chi connectivity index (χ2v) is 9.46. The first-order chi connectivity index (χ1) is 20.4. The van der Waals surface area contributed by atoms with Crippen LogP contribution in [-0.2, 0) is 48.9 Å². The van der Waals surface area contributed by atoms with Gasteiger partial charge in [-0.1, -0.05) is 60.7 Å². The lowest BCUT2D eigenvalue weighted by atomic mass is 9.95. The maximum absolute atomic E-state index is 15.6. The summed E-state index contributed by atoms with van der Waals surface area (Å²) in [7, 11) is 0. The molecule has 42 heavy (non-hydrogen) atoms. The molecule has 0 unspecified atom stereocenters. The molecular weight excluding hydrogens is 542 g/mol. The lowest BCUT2D eigenvalue weighted by Crippen LogP contribution is -2.26. The van der Waals surface area contributed by atoms with Crippen LogP contribution in [0.25, 0.3) is 11.1 Å². The summed E-state index contributed by atoms with van der Waals surface area (Å²) in [6.07, 6.45) is -1.46. The van der Waals surface area contributed by atoms with Gasteiger partial charge in [0, 0.05) is 48.4 Å². The lowest BCUT2D eigenvalue weighted by Gasteiger charge is -2.16. The van der Waals surface area contributed by atoms with Crippen molar-refractivity contribution in [1.29, 1.82) is 0 Å². The minimum Gasteiger partial charge on any atom is -0.445 e. The molecule has 0 radical (unpaired) electrons. The molecule has 0 spiro atoms. The van der Waals surface area contributed by atoms with E-state index in [-0.39, 0.29) is 61.6 Å². The number of rotatable bonds is 11. The van der Waals surface area contributed by atoms with Crippen LogP contribution in [-0.4, -0.2) is 12.2 Å². The molecule has 4 aromatic carbocycles. The van der Waals surface area contributed by atoms with Gasteiger partial charge in [0.2, 0.25) is 0 Å². The second-order valence-electron chi connectivity index (χ2n) is 9.46. The van der Waals surface area contributed by atoms with E-state index < -0.39 is 23.8 Å². The third kappa shape index (κ3) is 8.12. The van der Waals surface area contributed by atoms with Crippen LogP contribution in [0.3, 0.4) is 0 Å². The summed E-state index contributed by atoms with van der Waals surface area (Å²) < 4.78 is 40.8. The molecule has 0 heterocycles. The quantitative estimate of drug-likeness (QED) is 0.190. The number of carbonyl (C=O) groups is 2. The number of nitrogens with two attached hydrogens (primary N) is 2. The summed E-state index contributed by atoms with van der Waals surface area (Å²) in [5.41, 5.74) is 14.9. The van der Waals surface area contributed by atoms with Crippen molar-refractivity contribution < 1.29 is 27.8 Å². The Hall–Kier alpha value is -4.80. The van der Waals surface area contributed by atoms with Crippen molar-refractivity contribution in [2.24, 2.45) is 11.5 Å². The Balaban J connectivity index is 1.54. The fourth-order valence-electron chi connectivity index (χ4n) is 4.27. The highest BCUT2D eigenvalue weighted by atomic mass is 19.1. The van der Waals surface area contributed by atoms with Gasteiger partial charge < -0.3 is 31.6 Å². The van der Waals surface area contributed by atoms with Gasteiger partial charge in [0.05, 0.1) is 0 Å². The summed E-state index contributed by atoms with van der Waals surface area (Å²) in [5.74, 6) is -1.12. The Morgan fingerprint density at radius 3 is 1.33 bits per heavy atom. The van der Waals surface area contributed by atoms with Crippen molar-refractivity contribution in [3.05, 3.63) is 130 Å². The molecule has 4 rings (SSSR count). The summed E-state index contributed by atoms with van der Waals surface area (Å²) in [6.45, 7) is -0.418. The number of alkyl carbamates (subject to hydrolysis) is 2. The normalized spacial score (nSPS) is 10.7. The number of ether oxygens (including phenoxy) is 2. The van der Waals surface area contributed by atoms with Crippen LogP contribution in [0.1, 0.15) is 33.4 Å². The molecule has 0 aromatic heterocycles. The van der Waals surface area contributed by atoms with E-state index in [0.717, 1.165) is 11.1 Å². The zero-order valence-electron chi connectivity index (χ0n) is 22.9. The molecule has 0 aliphatic rings. The van der Waals surface area contributed by atoms with Crippen molar-refractivity contribution in [1.82, 2.24) is 10.6 Å². The van der Waals surface area contributed by atoms with Crippen LogP contribution in [0.15, 0.2) is 84.9 Å². The number of hydrogen-bond acceptors (Lipinski definition) is 6. The van der Waals surface area contributed by atoms with E-state index in [1.165, 1.54) is 12.1 Å². The van der Waals surface area contributed by atoms with Gasteiger partial charge in [0.1, 0.15) is 24.8 Å². The molecular formula is C32H32F2N4O4. The van der Waals surface area contributed by atoms with Crippen molar-refractivity contribution in [2.45, 2.75) is 39.4 Å². The van der Waals surface area contributed by atoms with Crippen LogP contribution < -0.4 is 22.1 Å². The topological polar surface area (TPSA) is 129 Å². The highest BCUT2D eigenvalue weighted by Crippen LogP contribution is 2.29. The van der Waals surface area contributed by atoms with Gasteiger partial charge in [-0.05, 0) is 46.5 Å². The molecule has 2 amide bonds. The third-order valence-electron chi connectivity index (χ3n) is 6.49. The monoisotopic (exact) mass is 574 g/mol. The van der Waals surface area contributed by atoms with Gasteiger partial charge in [-0.25, -0.2) is 18.4 Å². The van der Waals surface area contributed by atoms with E-state index in [9.17, 15) is 14.0 Å². The predicted octanol–water partition coefficient (Wildman–Crippen LogP) is 5.40. The van der Waals surface area contributed by atoms with Gasteiger partial charge in [-0.15, -0.1) is 0 Å². The van der Waals surface area contributed by atoms with Crippen molar-refractivity contribution in [3.8, 4) is 11.1 Å². The molecule has 0 bridgehead atoms. The number of nitrogens with one attached hydrogen (secondary N) is 2. The maximum atomic E-state index is 15.6. The zero-order chi connectivity index (χ0) is 29.9. The number of amides is 2. The number of benzene rings is 4. The van der Waals surface area contributed by atoms with E-state index >= 15 is 4.39 Å². The van der Waals surface area contributed by atoms with Gasteiger partial charge >= 0.3 is 12.2 Å². The van der Waals surface area contributed by atoms with Crippen LogP contribution in [0.2, 0.25) is 0 Å². The standard InChI is InChI=1S/C32H32F2N4O4/c33-29-25(15-35)11-23(12-26(29)16-36)24-13-27(17-37-31(39)41-19-21-7-3-1-4-8-21)30(34)28(14-24)18-38-32(40)42-20-22-9-5-2-6-10-22/h1-14H,15-20,35-36H2,(H,37,39)(H,38,40). The molecule has 0 saturated heterocycles. The maximum Gasteiger partial charge on any atom is 0.407 e. The van der Waals surface area contributed by atoms with E-state index in [2.05, 4.69) is 10.6 Å². The summed E-state index contributed by atoms with van der Waals surface area (Å²) in [4.78, 5) is 24.7. The minimum atomic E-state index is -0.731. The van der Waals surface area contributed by atoms with E-state index in [4.69, 9.17) is 20.9 Å². The molecule has 8 nitrogen and oxygen atoms in total. The van der Waals surface area contributed by atoms with E-state index in [1.807, 2.05) is 60.7 Å². The smallest absolute Gasteiger partial charge is 0.407 e. The predicted molar refractivity (Wildman–Crippen MR) is 155 cm³/mol. The molecule has 4 aromatic rings. The van der Waals surface area contributed by atoms with Crippen molar-refractivity contribution in [3.63, 3.8) is 0 Å². The molecule has 0 fully saturated rings. The fourth-order valence-corrected chi connectivity index (χ4v) is 4.27. The summed E-state index contributed by atoms with van der Waals surface area (Å²) >= 11 is 0. The Morgan fingerprint density at radius 2 is 0.952 bits per heavy atom. The largest absolute Gasteiger partial charge is 0.445 e. The Morgan fingerprint density at radius 1 is 0.595 bits per heavy atom. The van der Waals surface area contributed by atoms with Crippen LogP contribution in [0.4, 0.5) is 18.4 Å². The summed E-state index contributed by atoms with van der Waals surface area (Å²) in [5, 5.41) is 5.12. The SMILES string of the molecule is NCc1cc(-c2cc(CNC(=O)OCc3ccccc3)c(F)c(CNC(=O)OCc3ccccc3)c2)cc(CN)c1F. The van der Waals surface area contributed by atoms with Gasteiger partial charge in [-0.2, -0.15) is 0 Å². The molecule has 218 valence electrons. The van der Waals surface area contributed by atoms with E-state index in [1.54, 1.807) is 12.1 Å². The first-order valence-corrected chi connectivity index (χ1v) is 13.3.